The molecule has 1 N–H and O–H groups in total. The average Bonchev–Trinajstić information content (AvgIpc) is 2.77. The van der Waals surface area contributed by atoms with Gasteiger partial charge in [-0.05, 0) is 49.7 Å². The highest BCUT2D eigenvalue weighted by Gasteiger charge is 2.27. The van der Waals surface area contributed by atoms with Crippen LogP contribution < -0.4 is 14.8 Å². The number of hydrogen-bond donors (Lipinski definition) is 1. The largest absolute Gasteiger partial charge is 0.497 e. The maximum atomic E-state index is 13.1. The van der Waals surface area contributed by atoms with Crippen LogP contribution in [0.2, 0.25) is 10.0 Å². The lowest BCUT2D eigenvalue weighted by molar-refractivity contribution is -0.142. The molecule has 0 fully saturated rings. The molecular weight excluding hydrogens is 439 g/mol. The van der Waals surface area contributed by atoms with E-state index in [0.717, 1.165) is 12.8 Å². The van der Waals surface area contributed by atoms with E-state index < -0.39 is 6.04 Å². The highest BCUT2D eigenvalue weighted by molar-refractivity contribution is 6.36. The Balaban J connectivity index is 2.16. The third-order valence-corrected chi connectivity index (χ3v) is 5.52. The number of nitrogens with zero attached hydrogens (tertiary/aromatic N) is 1. The minimum atomic E-state index is -0.726. The first-order chi connectivity index (χ1) is 14.9. The van der Waals surface area contributed by atoms with E-state index in [4.69, 9.17) is 32.7 Å². The van der Waals surface area contributed by atoms with Gasteiger partial charge >= 0.3 is 0 Å². The second kappa shape index (κ2) is 12.4. The summed E-state index contributed by atoms with van der Waals surface area (Å²) < 4.78 is 10.8. The summed E-state index contributed by atoms with van der Waals surface area (Å²) in [5, 5.41) is 3.73. The molecule has 0 aromatic heterocycles. The van der Waals surface area contributed by atoms with E-state index in [2.05, 4.69) is 5.32 Å². The van der Waals surface area contributed by atoms with Crippen LogP contribution in [0.25, 0.3) is 0 Å². The van der Waals surface area contributed by atoms with Gasteiger partial charge in [0, 0.05) is 28.7 Å². The molecule has 0 aliphatic heterocycles. The number of carbonyl (C=O) groups excluding carboxylic acids is 2. The van der Waals surface area contributed by atoms with Gasteiger partial charge in [-0.15, -0.1) is 0 Å². The number of unbranched alkanes of at least 4 members (excludes halogenated alkanes) is 1. The van der Waals surface area contributed by atoms with Gasteiger partial charge in [-0.2, -0.15) is 0 Å². The summed E-state index contributed by atoms with van der Waals surface area (Å²) in [4.78, 5) is 27.1. The van der Waals surface area contributed by atoms with Gasteiger partial charge in [-0.25, -0.2) is 0 Å². The van der Waals surface area contributed by atoms with Crippen molar-refractivity contribution in [3.63, 3.8) is 0 Å². The predicted molar refractivity (Wildman–Crippen MR) is 123 cm³/mol. The number of nitrogens with one attached hydrogen (secondary N) is 1. The van der Waals surface area contributed by atoms with Crippen molar-refractivity contribution in [3.8, 4) is 11.5 Å². The minimum absolute atomic E-state index is 0.0890. The average molecular weight is 467 g/mol. The van der Waals surface area contributed by atoms with Crippen LogP contribution in [-0.4, -0.2) is 43.0 Å². The summed E-state index contributed by atoms with van der Waals surface area (Å²) in [7, 11) is 1.57. The Morgan fingerprint density at radius 1 is 1.06 bits per heavy atom. The molecule has 0 saturated heterocycles. The van der Waals surface area contributed by atoms with Gasteiger partial charge in [0.05, 0.1) is 7.11 Å². The van der Waals surface area contributed by atoms with Crippen LogP contribution in [0.15, 0.2) is 42.5 Å². The molecule has 2 amide bonds. The highest BCUT2D eigenvalue weighted by atomic mass is 35.5. The van der Waals surface area contributed by atoms with Gasteiger partial charge in [0.1, 0.15) is 17.5 Å². The molecule has 0 aliphatic carbocycles. The summed E-state index contributed by atoms with van der Waals surface area (Å²) in [5.74, 6) is 0.607. The van der Waals surface area contributed by atoms with Crippen molar-refractivity contribution in [1.29, 1.82) is 0 Å². The molecular formula is C23H28Cl2N2O4. The zero-order chi connectivity index (χ0) is 22.8. The predicted octanol–water partition coefficient (Wildman–Crippen LogP) is 4.71. The van der Waals surface area contributed by atoms with E-state index in [9.17, 15) is 9.59 Å². The maximum Gasteiger partial charge on any atom is 0.261 e. The van der Waals surface area contributed by atoms with Crippen molar-refractivity contribution >= 4 is 35.0 Å². The smallest absolute Gasteiger partial charge is 0.261 e. The molecule has 0 aliphatic rings. The summed E-state index contributed by atoms with van der Waals surface area (Å²) in [6.45, 7) is 4.13. The Labute approximate surface area is 193 Å². The number of amides is 2. The number of methoxy groups -OCH3 is 1. The molecule has 8 heteroatoms. The molecule has 2 rings (SSSR count). The first kappa shape index (κ1) is 24.8. The van der Waals surface area contributed by atoms with Gasteiger partial charge < -0.3 is 19.7 Å². The lowest BCUT2D eigenvalue weighted by atomic mass is 10.1. The molecule has 0 saturated carbocycles. The van der Waals surface area contributed by atoms with Gasteiger partial charge in [0.25, 0.3) is 5.91 Å². The molecule has 31 heavy (non-hydrogen) atoms. The van der Waals surface area contributed by atoms with E-state index in [0.29, 0.717) is 33.7 Å². The monoisotopic (exact) mass is 466 g/mol. The van der Waals surface area contributed by atoms with Crippen LogP contribution in [0.4, 0.5) is 0 Å². The normalized spacial score (nSPS) is 11.5. The number of carbonyl (C=O) groups is 2. The van der Waals surface area contributed by atoms with Crippen molar-refractivity contribution in [3.05, 3.63) is 58.1 Å². The van der Waals surface area contributed by atoms with Gasteiger partial charge in [0.15, 0.2) is 6.61 Å². The fourth-order valence-electron chi connectivity index (χ4n) is 2.87. The number of ether oxygens (including phenoxy) is 2. The minimum Gasteiger partial charge on any atom is -0.497 e. The molecule has 2 aromatic rings. The Kier molecular flexibility index (Phi) is 9.95. The van der Waals surface area contributed by atoms with Crippen molar-refractivity contribution in [2.45, 2.75) is 39.3 Å². The number of benzene rings is 2. The first-order valence-corrected chi connectivity index (χ1v) is 10.9. The Morgan fingerprint density at radius 3 is 2.26 bits per heavy atom. The van der Waals surface area contributed by atoms with Gasteiger partial charge in [0.2, 0.25) is 5.91 Å². The molecule has 1 atom stereocenters. The van der Waals surface area contributed by atoms with E-state index in [1.54, 1.807) is 56.5 Å². The Morgan fingerprint density at radius 2 is 1.68 bits per heavy atom. The van der Waals surface area contributed by atoms with E-state index in [1.165, 1.54) is 4.90 Å². The van der Waals surface area contributed by atoms with Crippen LogP contribution in [-0.2, 0) is 16.1 Å². The maximum absolute atomic E-state index is 13.1. The topological polar surface area (TPSA) is 67.9 Å². The molecule has 0 bridgehead atoms. The fraction of sp³-hybridized carbons (Fsp3) is 0.391. The van der Waals surface area contributed by atoms with Crippen LogP contribution >= 0.6 is 23.2 Å². The Hall–Kier alpha value is -2.44. The first-order valence-electron chi connectivity index (χ1n) is 10.1. The SMILES string of the molecule is CCCCNC(=O)C(C)N(Cc1c(Cl)cccc1Cl)C(=O)COc1ccc(OC)cc1. The Bertz CT molecular complexity index is 854. The molecule has 0 spiro atoms. The van der Waals surface area contributed by atoms with Crippen molar-refractivity contribution in [1.82, 2.24) is 10.2 Å². The summed E-state index contributed by atoms with van der Waals surface area (Å²) in [6.07, 6.45) is 1.82. The van der Waals surface area contributed by atoms with Gasteiger partial charge in [-0.3, -0.25) is 9.59 Å². The standard InChI is InChI=1S/C23H28Cl2N2O4/c1-4-5-13-26-23(29)16(2)27(14-19-20(24)7-6-8-21(19)25)22(28)15-31-18-11-9-17(30-3)10-12-18/h6-12,16H,4-5,13-15H2,1-3H3,(H,26,29). The quantitative estimate of drug-likeness (QED) is 0.486. The summed E-state index contributed by atoms with van der Waals surface area (Å²) >= 11 is 12.6. The van der Waals surface area contributed by atoms with Crippen molar-refractivity contribution < 1.29 is 19.1 Å². The molecule has 1 unspecified atom stereocenters. The zero-order valence-electron chi connectivity index (χ0n) is 18.0. The van der Waals surface area contributed by atoms with Gasteiger partial charge in [-0.1, -0.05) is 42.6 Å². The summed E-state index contributed by atoms with van der Waals surface area (Å²) in [6, 6.07) is 11.3. The molecule has 0 heterocycles. The molecule has 6 nitrogen and oxygen atoms in total. The zero-order valence-corrected chi connectivity index (χ0v) is 19.5. The van der Waals surface area contributed by atoms with Crippen molar-refractivity contribution in [2.24, 2.45) is 0 Å². The van der Waals surface area contributed by atoms with Crippen LogP contribution in [0.3, 0.4) is 0 Å². The van der Waals surface area contributed by atoms with E-state index >= 15 is 0 Å². The van der Waals surface area contributed by atoms with Crippen LogP contribution in [0.1, 0.15) is 32.3 Å². The number of halogens is 2. The second-order valence-corrected chi connectivity index (χ2v) is 7.82. The van der Waals surface area contributed by atoms with Crippen LogP contribution in [0.5, 0.6) is 11.5 Å². The third-order valence-electron chi connectivity index (χ3n) is 4.81. The van der Waals surface area contributed by atoms with Crippen molar-refractivity contribution in [2.75, 3.05) is 20.3 Å². The second-order valence-electron chi connectivity index (χ2n) is 7.01. The van der Waals surface area contributed by atoms with E-state index in [-0.39, 0.29) is 25.0 Å². The lowest BCUT2D eigenvalue weighted by Crippen LogP contribution is -2.49. The third kappa shape index (κ3) is 7.33. The highest BCUT2D eigenvalue weighted by Crippen LogP contribution is 2.26. The van der Waals surface area contributed by atoms with E-state index in [1.807, 2.05) is 6.92 Å². The fourth-order valence-corrected chi connectivity index (χ4v) is 3.39. The number of rotatable bonds is 11. The summed E-state index contributed by atoms with van der Waals surface area (Å²) in [5.41, 5.74) is 0.580. The molecule has 0 radical (unpaired) electrons. The number of hydrogen-bond acceptors (Lipinski definition) is 4. The van der Waals surface area contributed by atoms with Crippen LogP contribution in [0, 0.1) is 0 Å². The molecule has 2 aromatic carbocycles. The lowest BCUT2D eigenvalue weighted by Gasteiger charge is -2.29. The molecule has 168 valence electrons.